The largest absolute Gasteiger partial charge is 0.394 e. The molecule has 0 aromatic carbocycles. The average molecular weight is 280 g/mol. The van der Waals surface area contributed by atoms with Crippen molar-refractivity contribution in [3.63, 3.8) is 0 Å². The van der Waals surface area contributed by atoms with Crippen LogP contribution in [-0.4, -0.2) is 47.5 Å². The summed E-state index contributed by atoms with van der Waals surface area (Å²) in [5.74, 6) is 1.57. The second-order valence-corrected chi connectivity index (χ2v) is 5.09. The molecule has 1 aromatic rings. The van der Waals surface area contributed by atoms with E-state index >= 15 is 0 Å². The zero-order chi connectivity index (χ0) is 14.4. The van der Waals surface area contributed by atoms with E-state index < -0.39 is 0 Å². The number of aliphatic hydroxyl groups is 1. The number of nitrogen functional groups attached to an aromatic ring is 1. The first kappa shape index (κ1) is 15.0. The fourth-order valence-corrected chi connectivity index (χ4v) is 2.63. The number of aromatic nitrogens is 2. The van der Waals surface area contributed by atoms with Gasteiger partial charge in [0.15, 0.2) is 0 Å². The Balaban J connectivity index is 2.01. The van der Waals surface area contributed by atoms with E-state index in [9.17, 15) is 0 Å². The van der Waals surface area contributed by atoms with Crippen LogP contribution in [0.15, 0.2) is 6.33 Å². The number of hydrogen-bond donors (Lipinski definition) is 2. The van der Waals surface area contributed by atoms with Gasteiger partial charge in [-0.3, -0.25) is 0 Å². The molecule has 3 N–H and O–H groups in total. The second kappa shape index (κ2) is 7.40. The van der Waals surface area contributed by atoms with Crippen LogP contribution in [0, 0.1) is 0 Å². The van der Waals surface area contributed by atoms with Gasteiger partial charge < -0.3 is 20.5 Å². The van der Waals surface area contributed by atoms with Crippen LogP contribution in [-0.2, 0) is 11.2 Å². The maximum absolute atomic E-state index is 8.79. The van der Waals surface area contributed by atoms with Crippen LogP contribution in [0.1, 0.15) is 31.7 Å². The Labute approximate surface area is 120 Å². The molecule has 0 radical (unpaired) electrons. The fraction of sp³-hybridized carbons (Fsp3) is 0.714. The lowest BCUT2D eigenvalue weighted by molar-refractivity contribution is 0.0158. The number of ether oxygens (including phenoxy) is 1. The number of aliphatic hydroxyl groups excluding tert-OH is 1. The zero-order valence-corrected chi connectivity index (χ0v) is 12.1. The first-order valence-corrected chi connectivity index (χ1v) is 7.33. The Morgan fingerprint density at radius 3 is 2.80 bits per heavy atom. The molecule has 20 heavy (non-hydrogen) atoms. The molecule has 2 rings (SSSR count). The molecule has 6 heteroatoms. The highest BCUT2D eigenvalue weighted by Gasteiger charge is 2.23. The smallest absolute Gasteiger partial charge is 0.137 e. The lowest BCUT2D eigenvalue weighted by Crippen LogP contribution is -2.38. The normalized spacial score (nSPS) is 16.6. The van der Waals surface area contributed by atoms with Crippen LogP contribution in [0.2, 0.25) is 0 Å². The van der Waals surface area contributed by atoms with E-state index in [0.717, 1.165) is 50.2 Å². The van der Waals surface area contributed by atoms with E-state index in [1.807, 2.05) is 0 Å². The van der Waals surface area contributed by atoms with Gasteiger partial charge in [-0.25, -0.2) is 9.97 Å². The van der Waals surface area contributed by atoms with Gasteiger partial charge in [-0.15, -0.1) is 0 Å². The highest BCUT2D eigenvalue weighted by atomic mass is 16.5. The third-order valence-electron chi connectivity index (χ3n) is 3.64. The highest BCUT2D eigenvalue weighted by molar-refractivity contribution is 5.56. The van der Waals surface area contributed by atoms with E-state index in [1.54, 1.807) is 0 Å². The molecule has 0 atom stereocenters. The average Bonchev–Trinajstić information content (AvgIpc) is 2.48. The summed E-state index contributed by atoms with van der Waals surface area (Å²) in [6.07, 6.45) is 5.62. The molecule has 0 spiro atoms. The van der Waals surface area contributed by atoms with Crippen LogP contribution in [0.25, 0.3) is 0 Å². The zero-order valence-electron chi connectivity index (χ0n) is 12.1. The van der Waals surface area contributed by atoms with Crippen LogP contribution < -0.4 is 10.6 Å². The summed E-state index contributed by atoms with van der Waals surface area (Å²) in [4.78, 5) is 10.8. The number of nitrogens with two attached hydrogens (primary N) is 1. The summed E-state index contributed by atoms with van der Waals surface area (Å²) in [5, 5.41) is 8.79. The van der Waals surface area contributed by atoms with Crippen molar-refractivity contribution in [2.75, 3.05) is 36.9 Å². The van der Waals surface area contributed by atoms with E-state index in [1.165, 1.54) is 6.33 Å². The molecule has 1 aliphatic heterocycles. The van der Waals surface area contributed by atoms with Crippen molar-refractivity contribution in [3.8, 4) is 0 Å². The Hall–Kier alpha value is -1.40. The lowest BCUT2D eigenvalue weighted by Gasteiger charge is -2.33. The third-order valence-corrected chi connectivity index (χ3v) is 3.64. The van der Waals surface area contributed by atoms with Gasteiger partial charge >= 0.3 is 0 Å². The predicted molar refractivity (Wildman–Crippen MR) is 78.7 cm³/mol. The van der Waals surface area contributed by atoms with E-state index in [-0.39, 0.29) is 12.7 Å². The molecule has 2 heterocycles. The van der Waals surface area contributed by atoms with Gasteiger partial charge in [0.1, 0.15) is 18.0 Å². The van der Waals surface area contributed by atoms with Crippen molar-refractivity contribution in [1.29, 1.82) is 0 Å². The minimum absolute atomic E-state index is 0.0866. The SMILES string of the molecule is CCCc1c(N)ncnc1N1CCC(OCCO)CC1. The standard InChI is InChI=1S/C14H24N4O2/c1-2-3-12-13(15)16-10-17-14(12)18-6-4-11(5-7-18)20-9-8-19/h10-11,19H,2-9H2,1H3,(H2,15,16,17). The fourth-order valence-electron chi connectivity index (χ4n) is 2.63. The Morgan fingerprint density at radius 2 is 2.15 bits per heavy atom. The first-order chi connectivity index (χ1) is 9.76. The summed E-state index contributed by atoms with van der Waals surface area (Å²) < 4.78 is 5.58. The van der Waals surface area contributed by atoms with Gasteiger partial charge in [0.2, 0.25) is 0 Å². The topological polar surface area (TPSA) is 84.5 Å². The van der Waals surface area contributed by atoms with Gasteiger partial charge in [-0.1, -0.05) is 13.3 Å². The Bertz CT molecular complexity index is 420. The number of piperidine rings is 1. The molecule has 0 aliphatic carbocycles. The summed E-state index contributed by atoms with van der Waals surface area (Å²) in [6.45, 7) is 4.45. The van der Waals surface area contributed by atoms with Gasteiger partial charge in [-0.05, 0) is 19.3 Å². The molecule has 1 fully saturated rings. The minimum atomic E-state index is 0.0866. The molecular formula is C14H24N4O2. The monoisotopic (exact) mass is 280 g/mol. The van der Waals surface area contributed by atoms with Crippen molar-refractivity contribution in [2.45, 2.75) is 38.7 Å². The number of rotatable bonds is 6. The van der Waals surface area contributed by atoms with Crippen molar-refractivity contribution < 1.29 is 9.84 Å². The van der Waals surface area contributed by atoms with Crippen LogP contribution in [0.4, 0.5) is 11.6 Å². The maximum atomic E-state index is 8.79. The summed E-state index contributed by atoms with van der Waals surface area (Å²) in [6, 6.07) is 0. The summed E-state index contributed by atoms with van der Waals surface area (Å²) >= 11 is 0. The summed E-state index contributed by atoms with van der Waals surface area (Å²) in [7, 11) is 0. The summed E-state index contributed by atoms with van der Waals surface area (Å²) in [5.41, 5.74) is 7.04. The molecule has 1 aromatic heterocycles. The minimum Gasteiger partial charge on any atom is -0.394 e. The highest BCUT2D eigenvalue weighted by Crippen LogP contribution is 2.26. The van der Waals surface area contributed by atoms with Crippen molar-refractivity contribution in [2.24, 2.45) is 0 Å². The van der Waals surface area contributed by atoms with E-state index in [0.29, 0.717) is 12.4 Å². The Kier molecular flexibility index (Phi) is 5.55. The maximum Gasteiger partial charge on any atom is 0.137 e. The Morgan fingerprint density at radius 1 is 1.40 bits per heavy atom. The van der Waals surface area contributed by atoms with Crippen molar-refractivity contribution >= 4 is 11.6 Å². The molecule has 6 nitrogen and oxygen atoms in total. The lowest BCUT2D eigenvalue weighted by atomic mass is 10.1. The predicted octanol–water partition coefficient (Wildman–Crippen LogP) is 0.989. The van der Waals surface area contributed by atoms with E-state index in [2.05, 4.69) is 21.8 Å². The molecular weight excluding hydrogens is 256 g/mol. The van der Waals surface area contributed by atoms with Gasteiger partial charge in [-0.2, -0.15) is 0 Å². The van der Waals surface area contributed by atoms with Crippen LogP contribution in [0.3, 0.4) is 0 Å². The van der Waals surface area contributed by atoms with Crippen LogP contribution in [0.5, 0.6) is 0 Å². The molecule has 1 aliphatic rings. The van der Waals surface area contributed by atoms with E-state index in [4.69, 9.17) is 15.6 Å². The van der Waals surface area contributed by atoms with Gasteiger partial charge in [0.05, 0.1) is 19.3 Å². The van der Waals surface area contributed by atoms with Crippen molar-refractivity contribution in [1.82, 2.24) is 9.97 Å². The molecule has 0 unspecified atom stereocenters. The quantitative estimate of drug-likeness (QED) is 0.808. The second-order valence-electron chi connectivity index (χ2n) is 5.09. The number of anilines is 2. The van der Waals surface area contributed by atoms with Crippen molar-refractivity contribution in [3.05, 3.63) is 11.9 Å². The molecule has 1 saturated heterocycles. The number of hydrogen-bond acceptors (Lipinski definition) is 6. The molecule has 0 bridgehead atoms. The van der Waals surface area contributed by atoms with Gasteiger partial charge in [0.25, 0.3) is 0 Å². The molecule has 0 amide bonds. The van der Waals surface area contributed by atoms with Crippen LogP contribution >= 0.6 is 0 Å². The van der Waals surface area contributed by atoms with Gasteiger partial charge in [0, 0.05) is 18.7 Å². The molecule has 112 valence electrons. The first-order valence-electron chi connectivity index (χ1n) is 7.33. The number of nitrogens with zero attached hydrogens (tertiary/aromatic N) is 3. The third kappa shape index (κ3) is 3.58. The molecule has 0 saturated carbocycles.